The van der Waals surface area contributed by atoms with E-state index in [0.717, 1.165) is 83.5 Å². The van der Waals surface area contributed by atoms with Crippen LogP contribution in [0.25, 0.3) is 0 Å². The fraction of sp³-hybridized carbons (Fsp3) is 0.740. The minimum atomic E-state index is -4.61. The number of phosphoric ester groups is 1. The summed E-state index contributed by atoms with van der Waals surface area (Å²) in [6.07, 6.45) is 92.1. The number of aliphatic hydroxyl groups is 1. The van der Waals surface area contributed by atoms with Gasteiger partial charge in [-0.1, -0.05) is 309 Å². The summed E-state index contributed by atoms with van der Waals surface area (Å²) in [5, 5.41) is 13.9. The number of aliphatic hydroxyl groups excluding tert-OH is 1. The van der Waals surface area contributed by atoms with Crippen LogP contribution in [0.4, 0.5) is 0 Å². The lowest BCUT2D eigenvalue weighted by Gasteiger charge is -2.29. The van der Waals surface area contributed by atoms with Crippen LogP contribution in [0.2, 0.25) is 0 Å². The summed E-state index contributed by atoms with van der Waals surface area (Å²) in [7, 11) is 1.24. The van der Waals surface area contributed by atoms with E-state index in [0.29, 0.717) is 17.4 Å². The molecular weight excluding hydrogens is 1030 g/mol. The first-order valence-electron chi connectivity index (χ1n) is 34.2. The molecule has 0 heterocycles. The van der Waals surface area contributed by atoms with Crippen LogP contribution in [0.5, 0.6) is 0 Å². The van der Waals surface area contributed by atoms with Gasteiger partial charge in [0.05, 0.1) is 39.9 Å². The summed E-state index contributed by atoms with van der Waals surface area (Å²) in [4.78, 5) is 25.6. The van der Waals surface area contributed by atoms with E-state index in [-0.39, 0.29) is 12.5 Å². The van der Waals surface area contributed by atoms with E-state index in [4.69, 9.17) is 9.05 Å². The van der Waals surface area contributed by atoms with Crippen molar-refractivity contribution in [3.8, 4) is 0 Å². The van der Waals surface area contributed by atoms with Crippen molar-refractivity contribution in [2.24, 2.45) is 0 Å². The first-order chi connectivity index (χ1) is 40.0. The molecule has 0 bridgehead atoms. The highest BCUT2D eigenvalue weighted by atomic mass is 31.2. The second-order valence-electron chi connectivity index (χ2n) is 24.1. The molecule has 0 radical (unpaired) electrons. The number of carbonyl (C=O) groups is 1. The molecule has 0 fully saturated rings. The monoisotopic (exact) mass is 1160 g/mol. The topological polar surface area (TPSA) is 108 Å². The van der Waals surface area contributed by atoms with Gasteiger partial charge in [0.2, 0.25) is 5.91 Å². The van der Waals surface area contributed by atoms with Gasteiger partial charge in [-0.25, -0.2) is 0 Å². The molecule has 3 unspecified atom stereocenters. The van der Waals surface area contributed by atoms with Gasteiger partial charge < -0.3 is 28.8 Å². The normalized spacial score (nSPS) is 14.4. The Morgan fingerprint density at radius 2 is 0.756 bits per heavy atom. The maximum atomic E-state index is 13.0. The fourth-order valence-electron chi connectivity index (χ4n) is 9.68. The Morgan fingerprint density at radius 1 is 0.439 bits per heavy atom. The summed E-state index contributed by atoms with van der Waals surface area (Å²) < 4.78 is 23.4. The SMILES string of the molecule is CC/C=C\C/C=C\C/C=C\C/C=C\C/C=C\C/C=C\C/C=C\CCCCCCCCCCCCCCCCCCCCCC(=O)NC(COP(=O)([O-])OCC[N+](C)(C)C)C(O)/C=C/CC/C=C/CCCCCCCCCCCCCCC. The number of carbonyl (C=O) groups excluding carboxylic acids is 1. The van der Waals surface area contributed by atoms with Gasteiger partial charge in [-0.3, -0.25) is 9.36 Å². The number of nitrogens with zero attached hydrogens (tertiary/aromatic N) is 1. The van der Waals surface area contributed by atoms with Gasteiger partial charge in [-0.2, -0.15) is 0 Å². The molecule has 0 rings (SSSR count). The van der Waals surface area contributed by atoms with Gasteiger partial charge in [0, 0.05) is 6.42 Å². The molecule has 2 N–H and O–H groups in total. The smallest absolute Gasteiger partial charge is 0.268 e. The van der Waals surface area contributed by atoms with Gasteiger partial charge >= 0.3 is 0 Å². The van der Waals surface area contributed by atoms with E-state index in [1.807, 2.05) is 27.2 Å². The number of amides is 1. The lowest BCUT2D eigenvalue weighted by Crippen LogP contribution is -2.45. The predicted octanol–water partition coefficient (Wildman–Crippen LogP) is 21.2. The average molecular weight is 1160 g/mol. The Bertz CT molecular complexity index is 1700. The molecule has 82 heavy (non-hydrogen) atoms. The van der Waals surface area contributed by atoms with Crippen LogP contribution in [0.3, 0.4) is 0 Å². The third-order valence-corrected chi connectivity index (χ3v) is 15.9. The van der Waals surface area contributed by atoms with E-state index in [1.54, 1.807) is 6.08 Å². The summed E-state index contributed by atoms with van der Waals surface area (Å²) in [5.74, 6) is -0.206. The molecule has 0 saturated carbocycles. The Morgan fingerprint density at radius 3 is 1.13 bits per heavy atom. The third kappa shape index (κ3) is 64.7. The quantitative estimate of drug-likeness (QED) is 0.0272. The number of hydrogen-bond acceptors (Lipinski definition) is 6. The second-order valence-corrected chi connectivity index (χ2v) is 25.6. The number of hydrogen-bond donors (Lipinski definition) is 2. The molecule has 0 aromatic heterocycles. The number of unbranched alkanes of at least 4 members (excludes halogenated alkanes) is 33. The molecule has 0 aliphatic heterocycles. The predicted molar refractivity (Wildman–Crippen MR) is 357 cm³/mol. The van der Waals surface area contributed by atoms with E-state index in [9.17, 15) is 19.4 Å². The minimum absolute atomic E-state index is 0.00835. The number of quaternary nitrogens is 1. The molecule has 9 heteroatoms. The standard InChI is InChI=1S/C73H131N2O6P/c1-6-8-10-12-14-16-18-20-22-24-26-27-28-29-30-31-32-33-34-35-36-37-38-39-40-41-42-43-44-45-46-47-49-51-53-55-57-59-61-63-65-67-73(77)74-71(70-81-82(78,79)80-69-68-75(3,4)5)72(76)66-64-62-60-58-56-54-52-50-48-25-23-21-19-17-15-13-11-9-7-2/h8,10,14,16,20,22,26-27,29-30,32-33,35-36,56,58,64,66,71-72,76H,6-7,9,11-13,15,17-19,21,23-25,28,31,34,37-55,57,59-63,65,67-70H2,1-5H3,(H-,74,77,78,79)/b10-8-,16-14-,22-20-,27-26-,30-29-,33-32-,36-35-,58-56+,66-64+. The molecule has 1 amide bonds. The number of phosphoric acid groups is 1. The highest BCUT2D eigenvalue weighted by Gasteiger charge is 2.23. The number of allylic oxidation sites excluding steroid dienone is 17. The van der Waals surface area contributed by atoms with Crippen molar-refractivity contribution in [1.82, 2.24) is 5.32 Å². The molecule has 3 atom stereocenters. The van der Waals surface area contributed by atoms with Gasteiger partial charge in [0.1, 0.15) is 13.2 Å². The molecule has 0 aromatic rings. The number of rotatable bonds is 62. The number of likely N-dealkylation sites (N-methyl/N-ethyl adjacent to an activating group) is 1. The number of nitrogens with one attached hydrogen (secondary N) is 1. The van der Waals surface area contributed by atoms with Crippen molar-refractivity contribution in [2.75, 3.05) is 40.9 Å². The summed E-state index contributed by atoms with van der Waals surface area (Å²) in [6.45, 7) is 4.53. The van der Waals surface area contributed by atoms with Crippen LogP contribution in [-0.2, 0) is 18.4 Å². The Kier molecular flexibility index (Phi) is 60.5. The molecule has 0 spiro atoms. The summed E-state index contributed by atoms with van der Waals surface area (Å²) in [6, 6.07) is -0.908. The van der Waals surface area contributed by atoms with Crippen LogP contribution in [0, 0.1) is 0 Å². The zero-order valence-corrected chi connectivity index (χ0v) is 55.1. The van der Waals surface area contributed by atoms with Gasteiger partial charge in [0.15, 0.2) is 0 Å². The van der Waals surface area contributed by atoms with Crippen molar-refractivity contribution in [2.45, 2.75) is 309 Å². The van der Waals surface area contributed by atoms with Crippen molar-refractivity contribution in [1.29, 1.82) is 0 Å². The van der Waals surface area contributed by atoms with Crippen LogP contribution in [0.15, 0.2) is 109 Å². The van der Waals surface area contributed by atoms with E-state index in [1.165, 1.54) is 193 Å². The van der Waals surface area contributed by atoms with Crippen LogP contribution < -0.4 is 10.2 Å². The maximum Gasteiger partial charge on any atom is 0.268 e. The van der Waals surface area contributed by atoms with Crippen LogP contribution >= 0.6 is 7.82 Å². The largest absolute Gasteiger partial charge is 0.756 e. The zero-order valence-electron chi connectivity index (χ0n) is 54.2. The fourth-order valence-corrected chi connectivity index (χ4v) is 10.4. The van der Waals surface area contributed by atoms with E-state index < -0.39 is 26.6 Å². The molecule has 0 aliphatic rings. The van der Waals surface area contributed by atoms with E-state index >= 15 is 0 Å². The summed E-state index contributed by atoms with van der Waals surface area (Å²) >= 11 is 0. The average Bonchev–Trinajstić information content (AvgIpc) is 3.47. The molecule has 474 valence electrons. The first kappa shape index (κ1) is 79.2. The molecule has 0 aliphatic carbocycles. The van der Waals surface area contributed by atoms with Gasteiger partial charge in [0.25, 0.3) is 7.82 Å². The third-order valence-electron chi connectivity index (χ3n) is 15.0. The summed E-state index contributed by atoms with van der Waals surface area (Å²) in [5.41, 5.74) is 0. The van der Waals surface area contributed by atoms with Gasteiger partial charge in [-0.05, 0) is 89.9 Å². The maximum absolute atomic E-state index is 13.0. The second kappa shape index (κ2) is 62.7. The first-order valence-corrected chi connectivity index (χ1v) is 35.7. The van der Waals surface area contributed by atoms with E-state index in [2.05, 4.69) is 116 Å². The molecular formula is C73H131N2O6P. The molecule has 0 saturated heterocycles. The minimum Gasteiger partial charge on any atom is -0.756 e. The highest BCUT2D eigenvalue weighted by Crippen LogP contribution is 2.38. The zero-order chi connectivity index (χ0) is 59.8. The molecule has 0 aromatic carbocycles. The van der Waals surface area contributed by atoms with Crippen LogP contribution in [0.1, 0.15) is 296 Å². The Hall–Kier alpha value is -2.84. The van der Waals surface area contributed by atoms with Crippen LogP contribution in [-0.4, -0.2) is 68.5 Å². The highest BCUT2D eigenvalue weighted by molar-refractivity contribution is 7.45. The molecule has 8 nitrogen and oxygen atoms in total. The Labute approximate surface area is 508 Å². The van der Waals surface area contributed by atoms with Gasteiger partial charge in [-0.15, -0.1) is 0 Å². The van der Waals surface area contributed by atoms with Crippen molar-refractivity contribution < 1.29 is 32.9 Å². The van der Waals surface area contributed by atoms with Crippen molar-refractivity contribution in [3.63, 3.8) is 0 Å². The van der Waals surface area contributed by atoms with Crippen molar-refractivity contribution >= 4 is 13.7 Å². The van der Waals surface area contributed by atoms with Crippen molar-refractivity contribution in [3.05, 3.63) is 109 Å². The Balaban J connectivity index is 4.01. The lowest BCUT2D eigenvalue weighted by atomic mass is 10.0. The lowest BCUT2D eigenvalue weighted by molar-refractivity contribution is -0.870.